The zero-order chi connectivity index (χ0) is 20.8. The molecule has 7 heteroatoms. The van der Waals surface area contributed by atoms with E-state index in [0.29, 0.717) is 23.9 Å². The van der Waals surface area contributed by atoms with E-state index >= 15 is 0 Å². The van der Waals surface area contributed by atoms with Crippen molar-refractivity contribution in [2.75, 3.05) is 0 Å². The number of benzene rings is 2. The van der Waals surface area contributed by atoms with Crippen LogP contribution in [0, 0.1) is 0 Å². The van der Waals surface area contributed by atoms with Crippen molar-refractivity contribution in [3.63, 3.8) is 0 Å². The van der Waals surface area contributed by atoms with Crippen molar-refractivity contribution in [2.24, 2.45) is 0 Å². The van der Waals surface area contributed by atoms with Crippen LogP contribution in [0.1, 0.15) is 21.6 Å². The summed E-state index contributed by atoms with van der Waals surface area (Å²) in [6.07, 6.45) is 3.40. The maximum Gasteiger partial charge on any atom is 0.271 e. The minimum Gasteiger partial charge on any atom is -0.489 e. The van der Waals surface area contributed by atoms with Crippen LogP contribution >= 0.6 is 22.9 Å². The van der Waals surface area contributed by atoms with Crippen molar-refractivity contribution >= 4 is 28.8 Å². The minimum absolute atomic E-state index is 0.204. The summed E-state index contributed by atoms with van der Waals surface area (Å²) in [5.74, 6) is 0.533. The third kappa shape index (κ3) is 5.23. The van der Waals surface area contributed by atoms with Crippen LogP contribution < -0.4 is 10.1 Å². The summed E-state index contributed by atoms with van der Waals surface area (Å²) < 4.78 is 5.89. The van der Waals surface area contributed by atoms with Crippen LogP contribution in [0.3, 0.4) is 0 Å². The first-order valence-corrected chi connectivity index (χ1v) is 10.5. The second-order valence-electron chi connectivity index (χ2n) is 6.52. The number of nitrogens with one attached hydrogen (secondary N) is 1. The second-order valence-corrected chi connectivity index (χ2v) is 7.81. The van der Waals surface area contributed by atoms with E-state index < -0.39 is 0 Å². The van der Waals surface area contributed by atoms with E-state index in [-0.39, 0.29) is 5.91 Å². The third-order valence-electron chi connectivity index (χ3n) is 4.34. The Bertz CT molecular complexity index is 1130. The number of rotatable bonds is 7. The molecule has 0 aliphatic carbocycles. The van der Waals surface area contributed by atoms with Gasteiger partial charge >= 0.3 is 0 Å². The standard InChI is InChI=1S/C23H18ClN3O2S/c24-19-6-4-17(5-7-19)14-29-20-3-1-2-18(12-20)23-27-21(15-30-23)22(28)26-13-16-8-10-25-11-9-16/h1-12,15H,13-14H2,(H,26,28). The molecular weight excluding hydrogens is 418 g/mol. The SMILES string of the molecule is O=C(NCc1ccncc1)c1csc(-c2cccc(OCc3ccc(Cl)cc3)c2)n1. The molecule has 0 aliphatic rings. The molecule has 150 valence electrons. The van der Waals surface area contributed by atoms with Crippen LogP contribution in [0.2, 0.25) is 5.02 Å². The Morgan fingerprint density at radius 3 is 2.63 bits per heavy atom. The number of amides is 1. The Labute approximate surface area is 183 Å². The predicted molar refractivity (Wildman–Crippen MR) is 119 cm³/mol. The maximum atomic E-state index is 12.4. The van der Waals surface area contributed by atoms with Crippen molar-refractivity contribution in [3.8, 4) is 16.3 Å². The molecule has 0 spiro atoms. The van der Waals surface area contributed by atoms with Gasteiger partial charge in [0.15, 0.2) is 0 Å². The number of carbonyl (C=O) groups excluding carboxylic acids is 1. The maximum absolute atomic E-state index is 12.4. The van der Waals surface area contributed by atoms with E-state index in [4.69, 9.17) is 16.3 Å². The number of carbonyl (C=O) groups is 1. The van der Waals surface area contributed by atoms with Crippen LogP contribution in [0.25, 0.3) is 10.6 Å². The van der Waals surface area contributed by atoms with Crippen LogP contribution in [-0.4, -0.2) is 15.9 Å². The van der Waals surface area contributed by atoms with E-state index in [1.807, 2.05) is 60.7 Å². The second kappa shape index (κ2) is 9.52. The summed E-state index contributed by atoms with van der Waals surface area (Å²) in [4.78, 5) is 20.9. The first-order chi connectivity index (χ1) is 14.7. The summed E-state index contributed by atoms with van der Waals surface area (Å²) in [5, 5.41) is 6.10. The number of halogens is 1. The van der Waals surface area contributed by atoms with Crippen LogP contribution in [0.4, 0.5) is 0 Å². The first kappa shape index (κ1) is 20.1. The highest BCUT2D eigenvalue weighted by Crippen LogP contribution is 2.27. The number of ether oxygens (including phenoxy) is 1. The zero-order valence-electron chi connectivity index (χ0n) is 15.9. The van der Waals surface area contributed by atoms with Gasteiger partial charge in [0.1, 0.15) is 23.1 Å². The number of hydrogen-bond donors (Lipinski definition) is 1. The van der Waals surface area contributed by atoms with Gasteiger partial charge in [0.2, 0.25) is 0 Å². The van der Waals surface area contributed by atoms with E-state index in [1.165, 1.54) is 11.3 Å². The van der Waals surface area contributed by atoms with Gasteiger partial charge in [0, 0.05) is 34.9 Å². The minimum atomic E-state index is -0.204. The smallest absolute Gasteiger partial charge is 0.271 e. The molecule has 0 saturated carbocycles. The molecule has 2 aromatic carbocycles. The predicted octanol–water partition coefficient (Wildman–Crippen LogP) is 5.37. The lowest BCUT2D eigenvalue weighted by Crippen LogP contribution is -2.23. The number of pyridine rings is 1. The molecule has 1 N–H and O–H groups in total. The Morgan fingerprint density at radius 2 is 1.83 bits per heavy atom. The molecule has 4 aromatic rings. The normalized spacial score (nSPS) is 10.6. The fourth-order valence-corrected chi connectivity index (χ4v) is 3.67. The lowest BCUT2D eigenvalue weighted by molar-refractivity contribution is 0.0946. The molecule has 0 aliphatic heterocycles. The van der Waals surface area contributed by atoms with E-state index in [1.54, 1.807) is 17.8 Å². The summed E-state index contributed by atoms with van der Waals surface area (Å²) in [6, 6.07) is 19.0. The van der Waals surface area contributed by atoms with Gasteiger partial charge in [-0.25, -0.2) is 4.98 Å². The van der Waals surface area contributed by atoms with Gasteiger partial charge in [0.25, 0.3) is 5.91 Å². The van der Waals surface area contributed by atoms with Gasteiger partial charge in [-0.1, -0.05) is 35.9 Å². The Kier molecular flexibility index (Phi) is 6.37. The molecule has 0 saturated heterocycles. The topological polar surface area (TPSA) is 64.1 Å². The molecule has 4 rings (SSSR count). The summed E-state index contributed by atoms with van der Waals surface area (Å²) in [5.41, 5.74) is 3.32. The monoisotopic (exact) mass is 435 g/mol. The Morgan fingerprint density at radius 1 is 1.03 bits per heavy atom. The molecule has 30 heavy (non-hydrogen) atoms. The van der Waals surface area contributed by atoms with Crippen molar-refractivity contribution < 1.29 is 9.53 Å². The van der Waals surface area contributed by atoms with Gasteiger partial charge in [0.05, 0.1) is 0 Å². The highest BCUT2D eigenvalue weighted by atomic mass is 35.5. The average molecular weight is 436 g/mol. The van der Waals surface area contributed by atoms with Crippen molar-refractivity contribution in [1.82, 2.24) is 15.3 Å². The summed E-state index contributed by atoms with van der Waals surface area (Å²) in [7, 11) is 0. The van der Waals surface area contributed by atoms with E-state index in [2.05, 4.69) is 15.3 Å². The fraction of sp³-hybridized carbons (Fsp3) is 0.0870. The fourth-order valence-electron chi connectivity index (χ4n) is 2.75. The highest BCUT2D eigenvalue weighted by molar-refractivity contribution is 7.13. The molecular formula is C23H18ClN3O2S. The molecule has 0 unspecified atom stereocenters. The van der Waals surface area contributed by atoms with Gasteiger partial charge < -0.3 is 10.1 Å². The molecule has 0 radical (unpaired) electrons. The third-order valence-corrected chi connectivity index (χ3v) is 5.48. The van der Waals surface area contributed by atoms with Crippen LogP contribution in [-0.2, 0) is 13.2 Å². The molecule has 0 fully saturated rings. The van der Waals surface area contributed by atoms with Crippen molar-refractivity contribution in [1.29, 1.82) is 0 Å². The number of nitrogens with zero attached hydrogens (tertiary/aromatic N) is 2. The number of hydrogen-bond acceptors (Lipinski definition) is 5. The van der Waals surface area contributed by atoms with Crippen LogP contribution in [0.5, 0.6) is 5.75 Å². The number of thiazole rings is 1. The van der Waals surface area contributed by atoms with Gasteiger partial charge in [-0.15, -0.1) is 11.3 Å². The summed E-state index contributed by atoms with van der Waals surface area (Å²) in [6.45, 7) is 0.878. The molecule has 2 heterocycles. The zero-order valence-corrected chi connectivity index (χ0v) is 17.5. The van der Waals surface area contributed by atoms with Gasteiger partial charge in [-0.05, 0) is 47.5 Å². The molecule has 2 aromatic heterocycles. The molecule has 1 amide bonds. The summed E-state index contributed by atoms with van der Waals surface area (Å²) >= 11 is 7.34. The largest absolute Gasteiger partial charge is 0.489 e. The average Bonchev–Trinajstić information content (AvgIpc) is 3.29. The molecule has 5 nitrogen and oxygen atoms in total. The van der Waals surface area contributed by atoms with Gasteiger partial charge in [-0.2, -0.15) is 0 Å². The van der Waals surface area contributed by atoms with Crippen molar-refractivity contribution in [2.45, 2.75) is 13.2 Å². The quantitative estimate of drug-likeness (QED) is 0.424. The lowest BCUT2D eigenvalue weighted by Gasteiger charge is -2.07. The molecule has 0 bridgehead atoms. The van der Waals surface area contributed by atoms with Gasteiger partial charge in [-0.3, -0.25) is 9.78 Å². The first-order valence-electron chi connectivity index (χ1n) is 9.28. The van der Waals surface area contributed by atoms with Crippen molar-refractivity contribution in [3.05, 3.63) is 100 Å². The highest BCUT2D eigenvalue weighted by Gasteiger charge is 2.12. The number of aromatic nitrogens is 2. The Hall–Kier alpha value is -3.22. The van der Waals surface area contributed by atoms with E-state index in [0.717, 1.165) is 27.4 Å². The van der Waals surface area contributed by atoms with Crippen LogP contribution in [0.15, 0.2) is 78.4 Å². The lowest BCUT2D eigenvalue weighted by atomic mass is 10.2. The van der Waals surface area contributed by atoms with E-state index in [9.17, 15) is 4.79 Å². The molecule has 0 atom stereocenters. The Balaban J connectivity index is 1.39.